The van der Waals surface area contributed by atoms with Gasteiger partial charge >= 0.3 is 0 Å². The number of aliphatic imine (C=N–C) groups is 1. The molecule has 0 bridgehead atoms. The fourth-order valence-corrected chi connectivity index (χ4v) is 4.36. The summed E-state index contributed by atoms with van der Waals surface area (Å²) in [4.78, 5) is 6.67. The highest BCUT2D eigenvalue weighted by atomic mass is 127. The summed E-state index contributed by atoms with van der Waals surface area (Å²) in [6.45, 7) is 5.88. The van der Waals surface area contributed by atoms with Gasteiger partial charge in [-0.15, -0.1) is 24.0 Å². The van der Waals surface area contributed by atoms with Crippen LogP contribution in [0.2, 0.25) is 0 Å². The van der Waals surface area contributed by atoms with Crippen LogP contribution < -0.4 is 10.6 Å². The largest absolute Gasteiger partial charge is 0.356 e. The van der Waals surface area contributed by atoms with E-state index in [4.69, 9.17) is 0 Å². The number of halogens is 1. The molecule has 2 rings (SSSR count). The van der Waals surface area contributed by atoms with E-state index in [1.807, 2.05) is 19.2 Å². The maximum absolute atomic E-state index is 13.0. The average molecular weight is 495 g/mol. The van der Waals surface area contributed by atoms with Gasteiger partial charge in [-0.25, -0.2) is 8.42 Å². The minimum absolute atomic E-state index is 0. The Morgan fingerprint density at radius 1 is 1.15 bits per heavy atom. The fourth-order valence-electron chi connectivity index (χ4n) is 2.71. The lowest BCUT2D eigenvalue weighted by molar-refractivity contribution is 0.222. The molecule has 148 valence electrons. The number of nitrogens with zero attached hydrogens (tertiary/aromatic N) is 3. The van der Waals surface area contributed by atoms with E-state index in [0.29, 0.717) is 30.5 Å². The highest BCUT2D eigenvalue weighted by molar-refractivity contribution is 14.0. The zero-order valence-electron chi connectivity index (χ0n) is 15.7. The standard InChI is InChI=1S/C17H29N5O2S.HI/c1-4-9-19-17(18-2)20-14-15-7-5-6-8-16(15)25(23,24)22-12-10-21(3)11-13-22;/h5-8H,4,9-14H2,1-3H3,(H2,18,19,20);1H. The molecule has 9 heteroatoms. The second-order valence-electron chi connectivity index (χ2n) is 6.17. The summed E-state index contributed by atoms with van der Waals surface area (Å²) < 4.78 is 27.6. The predicted molar refractivity (Wildman–Crippen MR) is 117 cm³/mol. The highest BCUT2D eigenvalue weighted by Gasteiger charge is 2.29. The summed E-state index contributed by atoms with van der Waals surface area (Å²) in [7, 11) is 0.236. The van der Waals surface area contributed by atoms with Crippen LogP contribution in [0.15, 0.2) is 34.2 Å². The van der Waals surface area contributed by atoms with Crippen molar-refractivity contribution in [2.24, 2.45) is 4.99 Å². The molecule has 1 aromatic carbocycles. The third-order valence-electron chi connectivity index (χ3n) is 4.27. The van der Waals surface area contributed by atoms with Crippen LogP contribution in [-0.4, -0.2) is 70.4 Å². The molecule has 0 atom stereocenters. The van der Waals surface area contributed by atoms with Gasteiger partial charge in [-0.1, -0.05) is 25.1 Å². The number of benzene rings is 1. The lowest BCUT2D eigenvalue weighted by Crippen LogP contribution is -2.47. The van der Waals surface area contributed by atoms with Crippen LogP contribution in [0.5, 0.6) is 0 Å². The molecule has 2 N–H and O–H groups in total. The number of hydrogen-bond acceptors (Lipinski definition) is 4. The number of likely N-dealkylation sites (N-methyl/N-ethyl adjacent to an activating group) is 1. The molecule has 0 aromatic heterocycles. The van der Waals surface area contributed by atoms with E-state index in [0.717, 1.165) is 31.6 Å². The Labute approximate surface area is 174 Å². The Bertz CT molecular complexity index is 688. The first-order valence-corrected chi connectivity index (χ1v) is 10.1. The Morgan fingerprint density at radius 3 is 2.42 bits per heavy atom. The molecule has 0 saturated carbocycles. The van der Waals surface area contributed by atoms with Gasteiger partial charge in [0.15, 0.2) is 5.96 Å². The number of sulfonamides is 1. The zero-order valence-corrected chi connectivity index (χ0v) is 18.9. The SMILES string of the molecule is CCCNC(=NC)NCc1ccccc1S(=O)(=O)N1CCN(C)CC1.I. The van der Waals surface area contributed by atoms with Gasteiger partial charge in [0, 0.05) is 46.3 Å². The first kappa shape index (κ1) is 23.1. The zero-order chi connectivity index (χ0) is 18.3. The van der Waals surface area contributed by atoms with E-state index in [-0.39, 0.29) is 24.0 Å². The van der Waals surface area contributed by atoms with Gasteiger partial charge in [0.2, 0.25) is 10.0 Å². The van der Waals surface area contributed by atoms with E-state index in [1.54, 1.807) is 23.5 Å². The third kappa shape index (κ3) is 6.07. The number of hydrogen-bond donors (Lipinski definition) is 2. The van der Waals surface area contributed by atoms with Gasteiger partial charge in [-0.3, -0.25) is 4.99 Å². The molecule has 1 saturated heterocycles. The lowest BCUT2D eigenvalue weighted by Gasteiger charge is -2.32. The first-order chi connectivity index (χ1) is 12.0. The molecular formula is C17H30IN5O2S. The maximum Gasteiger partial charge on any atom is 0.243 e. The molecule has 1 aromatic rings. The molecular weight excluding hydrogens is 465 g/mol. The van der Waals surface area contributed by atoms with Crippen molar-refractivity contribution < 1.29 is 8.42 Å². The van der Waals surface area contributed by atoms with Gasteiger partial charge in [0.25, 0.3) is 0 Å². The Morgan fingerprint density at radius 2 is 1.81 bits per heavy atom. The molecule has 0 unspecified atom stereocenters. The molecule has 0 spiro atoms. The predicted octanol–water partition coefficient (Wildman–Crippen LogP) is 1.32. The Balaban J connectivity index is 0.00000338. The minimum Gasteiger partial charge on any atom is -0.356 e. The molecule has 1 aliphatic heterocycles. The average Bonchev–Trinajstić information content (AvgIpc) is 2.62. The van der Waals surface area contributed by atoms with Crippen molar-refractivity contribution in [2.45, 2.75) is 24.8 Å². The molecule has 0 amide bonds. The van der Waals surface area contributed by atoms with Crippen LogP contribution in [-0.2, 0) is 16.6 Å². The van der Waals surface area contributed by atoms with Crippen LogP contribution in [0.4, 0.5) is 0 Å². The maximum atomic E-state index is 13.0. The Kier molecular flexibility index (Phi) is 9.83. The van der Waals surface area contributed by atoms with E-state index in [1.165, 1.54) is 0 Å². The molecule has 1 aliphatic rings. The normalized spacial score (nSPS) is 16.8. The van der Waals surface area contributed by atoms with Crippen molar-refractivity contribution in [1.82, 2.24) is 19.8 Å². The van der Waals surface area contributed by atoms with Crippen molar-refractivity contribution in [2.75, 3.05) is 46.8 Å². The summed E-state index contributed by atoms with van der Waals surface area (Å²) in [5.74, 6) is 0.675. The van der Waals surface area contributed by atoms with Crippen molar-refractivity contribution in [1.29, 1.82) is 0 Å². The topological polar surface area (TPSA) is 77.0 Å². The van der Waals surface area contributed by atoms with Crippen LogP contribution >= 0.6 is 24.0 Å². The van der Waals surface area contributed by atoms with Gasteiger partial charge in [-0.2, -0.15) is 4.31 Å². The number of rotatable bonds is 6. The molecule has 1 fully saturated rings. The second kappa shape index (κ2) is 11.1. The first-order valence-electron chi connectivity index (χ1n) is 8.70. The van der Waals surface area contributed by atoms with Gasteiger partial charge in [0.1, 0.15) is 0 Å². The van der Waals surface area contributed by atoms with Gasteiger partial charge in [0.05, 0.1) is 4.90 Å². The Hall–Kier alpha value is -0.910. The summed E-state index contributed by atoms with van der Waals surface area (Å²) in [6.07, 6.45) is 0.995. The second-order valence-corrected chi connectivity index (χ2v) is 8.07. The van der Waals surface area contributed by atoms with E-state index in [9.17, 15) is 8.42 Å². The minimum atomic E-state index is -3.48. The summed E-state index contributed by atoms with van der Waals surface area (Å²) in [5, 5.41) is 6.38. The van der Waals surface area contributed by atoms with Crippen LogP contribution in [0.25, 0.3) is 0 Å². The van der Waals surface area contributed by atoms with Crippen LogP contribution in [0, 0.1) is 0 Å². The van der Waals surface area contributed by atoms with Crippen LogP contribution in [0.1, 0.15) is 18.9 Å². The summed E-state index contributed by atoms with van der Waals surface area (Å²) in [5.41, 5.74) is 0.751. The van der Waals surface area contributed by atoms with Crippen molar-refractivity contribution in [3.63, 3.8) is 0 Å². The van der Waals surface area contributed by atoms with Crippen molar-refractivity contribution in [3.8, 4) is 0 Å². The smallest absolute Gasteiger partial charge is 0.243 e. The number of guanidine groups is 1. The van der Waals surface area contributed by atoms with Gasteiger partial charge in [-0.05, 0) is 25.1 Å². The molecule has 0 radical (unpaired) electrons. The molecule has 1 heterocycles. The van der Waals surface area contributed by atoms with Crippen molar-refractivity contribution in [3.05, 3.63) is 29.8 Å². The molecule has 26 heavy (non-hydrogen) atoms. The summed E-state index contributed by atoms with van der Waals surface area (Å²) in [6, 6.07) is 7.18. The number of piperazine rings is 1. The lowest BCUT2D eigenvalue weighted by atomic mass is 10.2. The van der Waals surface area contributed by atoms with Gasteiger partial charge < -0.3 is 15.5 Å². The summed E-state index contributed by atoms with van der Waals surface area (Å²) >= 11 is 0. The van der Waals surface area contributed by atoms with Crippen molar-refractivity contribution >= 4 is 40.0 Å². The third-order valence-corrected chi connectivity index (χ3v) is 6.26. The number of nitrogens with one attached hydrogen (secondary N) is 2. The van der Waals surface area contributed by atoms with Crippen LogP contribution in [0.3, 0.4) is 0 Å². The molecule has 7 nitrogen and oxygen atoms in total. The highest BCUT2D eigenvalue weighted by Crippen LogP contribution is 2.21. The monoisotopic (exact) mass is 495 g/mol. The van der Waals surface area contributed by atoms with E-state index < -0.39 is 10.0 Å². The fraction of sp³-hybridized carbons (Fsp3) is 0.588. The van der Waals surface area contributed by atoms with E-state index in [2.05, 4.69) is 27.4 Å². The molecule has 0 aliphatic carbocycles. The van der Waals surface area contributed by atoms with E-state index >= 15 is 0 Å². The quantitative estimate of drug-likeness (QED) is 0.354.